The summed E-state index contributed by atoms with van der Waals surface area (Å²) in [7, 11) is 0. The maximum absolute atomic E-state index is 11.4. The summed E-state index contributed by atoms with van der Waals surface area (Å²) >= 11 is 0. The van der Waals surface area contributed by atoms with E-state index in [1.165, 1.54) is 0 Å². The van der Waals surface area contributed by atoms with Gasteiger partial charge in [-0.05, 0) is 19.3 Å². The van der Waals surface area contributed by atoms with Gasteiger partial charge in [-0.1, -0.05) is 0 Å². The van der Waals surface area contributed by atoms with Gasteiger partial charge in [0.25, 0.3) is 0 Å². The number of carboxylic acids is 1. The number of ether oxygens (including phenoxy) is 2. The van der Waals surface area contributed by atoms with Gasteiger partial charge >= 0.3 is 11.9 Å². The Morgan fingerprint density at radius 1 is 1.21 bits per heavy atom. The molecule has 0 aromatic rings. The van der Waals surface area contributed by atoms with E-state index in [4.69, 9.17) is 14.6 Å². The molecule has 106 valence electrons. The summed E-state index contributed by atoms with van der Waals surface area (Å²) in [5, 5.41) is 8.42. The predicted octanol–water partition coefficient (Wildman–Crippen LogP) is 0.424. The van der Waals surface area contributed by atoms with Crippen LogP contribution in [0, 0.1) is 0 Å². The molecule has 0 bridgehead atoms. The van der Waals surface area contributed by atoms with Gasteiger partial charge in [0.15, 0.2) is 0 Å². The molecule has 0 radical (unpaired) electrons. The van der Waals surface area contributed by atoms with E-state index >= 15 is 0 Å². The monoisotopic (exact) mass is 269 g/mol. The van der Waals surface area contributed by atoms with E-state index in [1.54, 1.807) is 0 Å². The fraction of sp³-hybridized carbons (Fsp3) is 0.692. The summed E-state index contributed by atoms with van der Waals surface area (Å²) in [5.41, 5.74) is 0. The largest absolute Gasteiger partial charge is 0.478 e. The van der Waals surface area contributed by atoms with Crippen molar-refractivity contribution in [1.29, 1.82) is 0 Å². The molecule has 0 aromatic heterocycles. The number of rotatable bonds is 4. The molecule has 1 N–H and O–H groups in total. The van der Waals surface area contributed by atoms with Gasteiger partial charge in [-0.15, -0.1) is 0 Å². The molecule has 19 heavy (non-hydrogen) atoms. The van der Waals surface area contributed by atoms with Crippen LogP contribution in [-0.4, -0.2) is 60.4 Å². The normalized spacial score (nSPS) is 28.6. The lowest BCUT2D eigenvalue weighted by molar-refractivity contribution is -0.143. The van der Waals surface area contributed by atoms with Crippen LogP contribution in [0.3, 0.4) is 0 Å². The van der Waals surface area contributed by atoms with Gasteiger partial charge in [0.2, 0.25) is 0 Å². The molecule has 1 saturated heterocycles. The summed E-state index contributed by atoms with van der Waals surface area (Å²) in [4.78, 5) is 24.0. The van der Waals surface area contributed by atoms with Gasteiger partial charge in [-0.3, -0.25) is 4.90 Å². The lowest BCUT2D eigenvalue weighted by atomic mass is 10.2. The molecule has 0 spiro atoms. The molecule has 6 heteroatoms. The average Bonchev–Trinajstić information content (AvgIpc) is 2.86. The van der Waals surface area contributed by atoms with Crippen molar-refractivity contribution in [2.75, 3.05) is 26.3 Å². The Bertz CT molecular complexity index is 362. The van der Waals surface area contributed by atoms with Gasteiger partial charge in [-0.25, -0.2) is 9.59 Å². The van der Waals surface area contributed by atoms with Crippen molar-refractivity contribution >= 4 is 11.9 Å². The van der Waals surface area contributed by atoms with Gasteiger partial charge in [0.1, 0.15) is 6.10 Å². The number of hydrogen-bond acceptors (Lipinski definition) is 5. The second-order valence-corrected chi connectivity index (χ2v) is 4.85. The Morgan fingerprint density at radius 2 is 1.95 bits per heavy atom. The summed E-state index contributed by atoms with van der Waals surface area (Å²) < 4.78 is 10.5. The van der Waals surface area contributed by atoms with Crippen molar-refractivity contribution in [2.45, 2.75) is 31.4 Å². The number of carbonyl (C=O) groups excluding carboxylic acids is 1. The zero-order valence-electron chi connectivity index (χ0n) is 10.8. The Labute approximate surface area is 112 Å². The number of carboxylic acid groups (broad SMARTS) is 1. The van der Waals surface area contributed by atoms with Gasteiger partial charge in [0.05, 0.1) is 13.2 Å². The number of hydrogen-bond donors (Lipinski definition) is 1. The molecule has 2 atom stereocenters. The molecule has 0 aromatic carbocycles. The molecule has 2 rings (SSSR count). The van der Waals surface area contributed by atoms with Crippen molar-refractivity contribution in [3.05, 3.63) is 12.2 Å². The number of aliphatic carboxylic acids is 1. The minimum Gasteiger partial charge on any atom is -0.478 e. The first-order chi connectivity index (χ1) is 9.15. The van der Waals surface area contributed by atoms with Crippen LogP contribution in [-0.2, 0) is 19.1 Å². The summed E-state index contributed by atoms with van der Waals surface area (Å²) in [6, 6.07) is 0.449. The van der Waals surface area contributed by atoms with Gasteiger partial charge in [0, 0.05) is 31.3 Å². The molecule has 0 amide bonds. The fourth-order valence-corrected chi connectivity index (χ4v) is 2.64. The zero-order chi connectivity index (χ0) is 13.7. The quantitative estimate of drug-likeness (QED) is 0.589. The van der Waals surface area contributed by atoms with Crippen LogP contribution in [0.4, 0.5) is 0 Å². The predicted molar refractivity (Wildman–Crippen MR) is 66.7 cm³/mol. The highest BCUT2D eigenvalue weighted by molar-refractivity contribution is 5.90. The van der Waals surface area contributed by atoms with E-state index in [2.05, 4.69) is 4.90 Å². The Kier molecular flexibility index (Phi) is 4.93. The molecule has 6 nitrogen and oxygen atoms in total. The molecular weight excluding hydrogens is 250 g/mol. The molecule has 1 aliphatic heterocycles. The maximum Gasteiger partial charge on any atom is 0.331 e. The third-order valence-electron chi connectivity index (χ3n) is 3.56. The van der Waals surface area contributed by atoms with E-state index in [-0.39, 0.29) is 6.10 Å². The van der Waals surface area contributed by atoms with Crippen LogP contribution >= 0.6 is 0 Å². The van der Waals surface area contributed by atoms with Crippen molar-refractivity contribution in [1.82, 2.24) is 4.90 Å². The van der Waals surface area contributed by atoms with Crippen LogP contribution in [0.1, 0.15) is 19.3 Å². The first-order valence-electron chi connectivity index (χ1n) is 6.58. The minimum absolute atomic E-state index is 0.0983. The van der Waals surface area contributed by atoms with Crippen LogP contribution in [0.5, 0.6) is 0 Å². The second kappa shape index (κ2) is 6.68. The number of esters is 1. The van der Waals surface area contributed by atoms with Crippen LogP contribution < -0.4 is 0 Å². The fourth-order valence-electron chi connectivity index (χ4n) is 2.64. The lowest BCUT2D eigenvalue weighted by Gasteiger charge is -2.32. The van der Waals surface area contributed by atoms with E-state index in [0.29, 0.717) is 6.04 Å². The summed E-state index contributed by atoms with van der Waals surface area (Å²) in [5.74, 6) is -1.72. The van der Waals surface area contributed by atoms with E-state index in [1.807, 2.05) is 0 Å². The summed E-state index contributed by atoms with van der Waals surface area (Å²) in [6.45, 7) is 3.40. The SMILES string of the molecule is O=C(O)/C=C/C(=O)OC1CCC(N2CCOCC2)C1. The second-order valence-electron chi connectivity index (χ2n) is 4.85. The van der Waals surface area contributed by atoms with E-state index < -0.39 is 11.9 Å². The highest BCUT2D eigenvalue weighted by Gasteiger charge is 2.31. The van der Waals surface area contributed by atoms with Gasteiger partial charge < -0.3 is 14.6 Å². The number of morpholine rings is 1. The van der Waals surface area contributed by atoms with Gasteiger partial charge in [-0.2, -0.15) is 0 Å². The van der Waals surface area contributed by atoms with Crippen molar-refractivity contribution in [3.8, 4) is 0 Å². The van der Waals surface area contributed by atoms with Crippen LogP contribution in [0.15, 0.2) is 12.2 Å². The standard InChI is InChI=1S/C13H19NO5/c15-12(16)3-4-13(17)19-11-2-1-10(9-11)14-5-7-18-8-6-14/h3-4,10-11H,1-2,5-9H2,(H,15,16)/b4-3+. The Hall–Kier alpha value is -1.40. The Balaban J connectivity index is 1.75. The highest BCUT2D eigenvalue weighted by Crippen LogP contribution is 2.27. The molecule has 1 heterocycles. The topological polar surface area (TPSA) is 76.1 Å². The molecule has 2 aliphatic rings. The average molecular weight is 269 g/mol. The molecule has 1 aliphatic carbocycles. The minimum atomic E-state index is -1.14. The Morgan fingerprint density at radius 3 is 2.63 bits per heavy atom. The zero-order valence-corrected chi connectivity index (χ0v) is 10.8. The lowest BCUT2D eigenvalue weighted by Crippen LogP contribution is -2.42. The van der Waals surface area contributed by atoms with E-state index in [0.717, 1.165) is 57.7 Å². The smallest absolute Gasteiger partial charge is 0.331 e. The highest BCUT2D eigenvalue weighted by atomic mass is 16.5. The maximum atomic E-state index is 11.4. The first-order valence-corrected chi connectivity index (χ1v) is 6.58. The van der Waals surface area contributed by atoms with Crippen molar-refractivity contribution in [2.24, 2.45) is 0 Å². The van der Waals surface area contributed by atoms with Crippen LogP contribution in [0.25, 0.3) is 0 Å². The molecule has 2 fully saturated rings. The number of nitrogens with zero attached hydrogens (tertiary/aromatic N) is 1. The summed E-state index contributed by atoms with van der Waals surface area (Å²) in [6.07, 6.45) is 4.35. The number of carbonyl (C=O) groups is 2. The molecular formula is C13H19NO5. The van der Waals surface area contributed by atoms with E-state index in [9.17, 15) is 9.59 Å². The molecule has 2 unspecified atom stereocenters. The first kappa shape index (κ1) is 14.0. The van der Waals surface area contributed by atoms with Crippen LogP contribution in [0.2, 0.25) is 0 Å². The van der Waals surface area contributed by atoms with Crippen molar-refractivity contribution < 1.29 is 24.2 Å². The third-order valence-corrected chi connectivity index (χ3v) is 3.56. The molecule has 1 saturated carbocycles. The third kappa shape index (κ3) is 4.33. The van der Waals surface area contributed by atoms with Crippen molar-refractivity contribution in [3.63, 3.8) is 0 Å².